The minimum absolute atomic E-state index is 0.190. The van der Waals surface area contributed by atoms with Gasteiger partial charge in [0.2, 0.25) is 0 Å². The van der Waals surface area contributed by atoms with Crippen LogP contribution < -0.4 is 16.0 Å². The minimum atomic E-state index is -0.489. The fraction of sp³-hybridized carbons (Fsp3) is 0.111. The number of hydrazine groups is 1. The second-order valence-electron chi connectivity index (χ2n) is 5.40. The molecular formula is C18H17FN4O2. The second kappa shape index (κ2) is 7.14. The molecule has 0 aliphatic rings. The second-order valence-corrected chi connectivity index (χ2v) is 5.40. The van der Waals surface area contributed by atoms with E-state index in [1.54, 1.807) is 30.0 Å². The summed E-state index contributed by atoms with van der Waals surface area (Å²) in [5.74, 6) is 5.13. The first-order valence-corrected chi connectivity index (χ1v) is 7.58. The lowest BCUT2D eigenvalue weighted by Crippen LogP contribution is -2.30. The van der Waals surface area contributed by atoms with Crippen molar-refractivity contribution in [3.05, 3.63) is 71.7 Å². The van der Waals surface area contributed by atoms with Gasteiger partial charge in [0.05, 0.1) is 19.3 Å². The Hall–Kier alpha value is -3.19. The van der Waals surface area contributed by atoms with E-state index in [2.05, 4.69) is 10.5 Å². The van der Waals surface area contributed by atoms with E-state index in [9.17, 15) is 9.18 Å². The van der Waals surface area contributed by atoms with Gasteiger partial charge in [-0.2, -0.15) is 5.10 Å². The highest BCUT2D eigenvalue weighted by Gasteiger charge is 2.15. The molecule has 0 spiro atoms. The van der Waals surface area contributed by atoms with Crippen molar-refractivity contribution in [2.45, 2.75) is 6.54 Å². The van der Waals surface area contributed by atoms with Crippen molar-refractivity contribution in [2.24, 2.45) is 5.84 Å². The molecule has 1 aromatic heterocycles. The van der Waals surface area contributed by atoms with Crippen LogP contribution in [0.15, 0.2) is 54.6 Å². The molecule has 0 saturated heterocycles. The molecule has 1 amide bonds. The molecule has 3 aromatic rings. The minimum Gasteiger partial charge on any atom is -0.497 e. The van der Waals surface area contributed by atoms with E-state index in [-0.39, 0.29) is 11.5 Å². The van der Waals surface area contributed by atoms with Gasteiger partial charge in [0.1, 0.15) is 11.6 Å². The average Bonchev–Trinajstić information content (AvgIpc) is 3.06. The van der Waals surface area contributed by atoms with Crippen LogP contribution in [0.5, 0.6) is 5.75 Å². The standard InChI is InChI=1S/C18H17FN4O2/c1-25-15-8-2-12(3-9-15)11-23-17(10-16(22-23)18(24)21-20)13-4-6-14(19)7-5-13/h2-10H,11,20H2,1H3,(H,21,24). The highest BCUT2D eigenvalue weighted by molar-refractivity contribution is 5.93. The van der Waals surface area contributed by atoms with Gasteiger partial charge in [-0.25, -0.2) is 10.2 Å². The number of benzene rings is 2. The van der Waals surface area contributed by atoms with Crippen LogP contribution in [-0.4, -0.2) is 22.8 Å². The molecule has 0 aliphatic carbocycles. The molecule has 0 atom stereocenters. The summed E-state index contributed by atoms with van der Waals surface area (Å²) >= 11 is 0. The van der Waals surface area contributed by atoms with Crippen molar-refractivity contribution >= 4 is 5.91 Å². The number of amides is 1. The highest BCUT2D eigenvalue weighted by atomic mass is 19.1. The summed E-state index contributed by atoms with van der Waals surface area (Å²) in [4.78, 5) is 11.8. The van der Waals surface area contributed by atoms with Crippen LogP contribution in [-0.2, 0) is 6.54 Å². The predicted octanol–water partition coefficient (Wildman–Crippen LogP) is 2.35. The summed E-state index contributed by atoms with van der Waals surface area (Å²) < 4.78 is 20.0. The van der Waals surface area contributed by atoms with Gasteiger partial charge in [-0.1, -0.05) is 12.1 Å². The molecule has 3 rings (SSSR count). The Labute approximate surface area is 144 Å². The molecule has 0 fully saturated rings. The lowest BCUT2D eigenvalue weighted by molar-refractivity contribution is 0.0948. The van der Waals surface area contributed by atoms with Crippen LogP contribution in [0.1, 0.15) is 16.1 Å². The van der Waals surface area contributed by atoms with Gasteiger partial charge in [-0.3, -0.25) is 14.9 Å². The summed E-state index contributed by atoms with van der Waals surface area (Å²) in [7, 11) is 1.60. The Balaban J connectivity index is 1.99. The Bertz CT molecular complexity index is 873. The van der Waals surface area contributed by atoms with Crippen molar-refractivity contribution < 1.29 is 13.9 Å². The lowest BCUT2D eigenvalue weighted by atomic mass is 10.1. The maximum Gasteiger partial charge on any atom is 0.285 e. The molecule has 2 aromatic carbocycles. The van der Waals surface area contributed by atoms with Gasteiger partial charge in [0.15, 0.2) is 5.69 Å². The number of nitrogens with one attached hydrogen (secondary N) is 1. The van der Waals surface area contributed by atoms with Gasteiger partial charge in [0.25, 0.3) is 5.91 Å². The van der Waals surface area contributed by atoms with Crippen LogP contribution in [0, 0.1) is 5.82 Å². The van der Waals surface area contributed by atoms with E-state index < -0.39 is 5.91 Å². The first-order chi connectivity index (χ1) is 12.1. The van der Waals surface area contributed by atoms with E-state index >= 15 is 0 Å². The summed E-state index contributed by atoms with van der Waals surface area (Å²) in [5.41, 5.74) is 4.68. The quantitative estimate of drug-likeness (QED) is 0.424. The zero-order chi connectivity index (χ0) is 17.8. The summed E-state index contributed by atoms with van der Waals surface area (Å²) in [6.45, 7) is 0.439. The van der Waals surface area contributed by atoms with E-state index in [0.717, 1.165) is 16.9 Å². The number of aromatic nitrogens is 2. The van der Waals surface area contributed by atoms with Crippen LogP contribution in [0.3, 0.4) is 0 Å². The first-order valence-electron chi connectivity index (χ1n) is 7.58. The number of carbonyl (C=O) groups is 1. The van der Waals surface area contributed by atoms with Crippen molar-refractivity contribution in [3.63, 3.8) is 0 Å². The third kappa shape index (κ3) is 3.67. The number of hydrogen-bond acceptors (Lipinski definition) is 4. The average molecular weight is 340 g/mol. The van der Waals surface area contributed by atoms with E-state index in [1.807, 2.05) is 24.3 Å². The fourth-order valence-electron chi connectivity index (χ4n) is 2.48. The topological polar surface area (TPSA) is 82.2 Å². The van der Waals surface area contributed by atoms with Crippen molar-refractivity contribution in [1.29, 1.82) is 0 Å². The molecule has 7 heteroatoms. The molecule has 6 nitrogen and oxygen atoms in total. The number of methoxy groups -OCH3 is 1. The molecular weight excluding hydrogens is 323 g/mol. The van der Waals surface area contributed by atoms with Gasteiger partial charge < -0.3 is 4.74 Å². The monoisotopic (exact) mass is 340 g/mol. The van der Waals surface area contributed by atoms with Gasteiger partial charge in [-0.15, -0.1) is 0 Å². The summed E-state index contributed by atoms with van der Waals surface area (Å²) in [6.07, 6.45) is 0. The van der Waals surface area contributed by atoms with Gasteiger partial charge in [0, 0.05) is 5.56 Å². The van der Waals surface area contributed by atoms with Crippen LogP contribution in [0.25, 0.3) is 11.3 Å². The number of rotatable bonds is 5. The maximum absolute atomic E-state index is 13.2. The third-order valence-corrected chi connectivity index (χ3v) is 3.78. The Kier molecular flexibility index (Phi) is 4.76. The SMILES string of the molecule is COc1ccc(Cn2nc(C(=O)NN)cc2-c2ccc(F)cc2)cc1. The Morgan fingerprint density at radius 2 is 1.88 bits per heavy atom. The highest BCUT2D eigenvalue weighted by Crippen LogP contribution is 2.23. The normalized spacial score (nSPS) is 10.5. The zero-order valence-corrected chi connectivity index (χ0v) is 13.6. The summed E-state index contributed by atoms with van der Waals surface area (Å²) in [5, 5.41) is 4.32. The number of nitrogens with zero attached hydrogens (tertiary/aromatic N) is 2. The van der Waals surface area contributed by atoms with Crippen molar-refractivity contribution in [2.75, 3.05) is 7.11 Å². The van der Waals surface area contributed by atoms with Crippen molar-refractivity contribution in [3.8, 4) is 17.0 Å². The number of halogens is 1. The molecule has 0 aliphatic heterocycles. The van der Waals surface area contributed by atoms with Crippen LogP contribution >= 0.6 is 0 Å². The third-order valence-electron chi connectivity index (χ3n) is 3.78. The number of nitrogen functional groups attached to an aromatic ring is 1. The smallest absolute Gasteiger partial charge is 0.285 e. The number of hydrogen-bond donors (Lipinski definition) is 2. The van der Waals surface area contributed by atoms with Crippen LogP contribution in [0.2, 0.25) is 0 Å². The number of ether oxygens (including phenoxy) is 1. The Morgan fingerprint density at radius 1 is 1.20 bits per heavy atom. The fourth-order valence-corrected chi connectivity index (χ4v) is 2.48. The van der Waals surface area contributed by atoms with Gasteiger partial charge >= 0.3 is 0 Å². The van der Waals surface area contributed by atoms with E-state index in [0.29, 0.717) is 12.2 Å². The molecule has 25 heavy (non-hydrogen) atoms. The first kappa shape index (κ1) is 16.7. The molecule has 128 valence electrons. The Morgan fingerprint density at radius 3 is 2.48 bits per heavy atom. The molecule has 3 N–H and O–H groups in total. The lowest BCUT2D eigenvalue weighted by Gasteiger charge is -2.08. The zero-order valence-electron chi connectivity index (χ0n) is 13.6. The van der Waals surface area contributed by atoms with Crippen LogP contribution in [0.4, 0.5) is 4.39 Å². The van der Waals surface area contributed by atoms with E-state index in [4.69, 9.17) is 10.6 Å². The maximum atomic E-state index is 13.2. The number of carbonyl (C=O) groups excluding carboxylic acids is 1. The van der Waals surface area contributed by atoms with E-state index in [1.165, 1.54) is 12.1 Å². The molecule has 0 bridgehead atoms. The molecule has 0 unspecified atom stereocenters. The molecule has 0 radical (unpaired) electrons. The molecule has 0 saturated carbocycles. The summed E-state index contributed by atoms with van der Waals surface area (Å²) in [6, 6.07) is 15.2. The number of nitrogens with two attached hydrogens (primary N) is 1. The van der Waals surface area contributed by atoms with Gasteiger partial charge in [-0.05, 0) is 48.0 Å². The molecule has 1 heterocycles. The van der Waals surface area contributed by atoms with Crippen molar-refractivity contribution in [1.82, 2.24) is 15.2 Å². The predicted molar refractivity (Wildman–Crippen MR) is 91.4 cm³/mol. The largest absolute Gasteiger partial charge is 0.497 e.